The predicted molar refractivity (Wildman–Crippen MR) is 91.3 cm³/mol. The highest BCUT2D eigenvalue weighted by atomic mass is 16.5. The first-order chi connectivity index (χ1) is 12.2. The van der Waals surface area contributed by atoms with Crippen molar-refractivity contribution in [3.05, 3.63) is 41.5 Å². The summed E-state index contributed by atoms with van der Waals surface area (Å²) in [5.41, 5.74) is 0.461. The third kappa shape index (κ3) is 2.90. The molecule has 1 amide bonds. The second-order valence-electron chi connectivity index (χ2n) is 6.87. The maximum Gasteiger partial charge on any atom is 0.228 e. The van der Waals surface area contributed by atoms with Crippen molar-refractivity contribution in [2.75, 3.05) is 6.61 Å². The molecule has 2 aliphatic rings. The van der Waals surface area contributed by atoms with Crippen molar-refractivity contribution in [2.45, 2.75) is 56.9 Å². The molecule has 6 nitrogen and oxygen atoms in total. The Morgan fingerprint density at radius 2 is 2.12 bits per heavy atom. The minimum Gasteiger partial charge on any atom is -0.493 e. The Balaban J connectivity index is 1.60. The second-order valence-corrected chi connectivity index (χ2v) is 6.87. The lowest BCUT2D eigenvalue weighted by Crippen LogP contribution is -2.47. The van der Waals surface area contributed by atoms with E-state index in [4.69, 9.17) is 9.26 Å². The number of ether oxygens (including phenoxy) is 1. The number of aryl methyl sites for hydroxylation is 1. The smallest absolute Gasteiger partial charge is 0.228 e. The lowest BCUT2D eigenvalue weighted by molar-refractivity contribution is -0.125. The Hall–Kier alpha value is -2.37. The molecule has 1 atom stereocenters. The van der Waals surface area contributed by atoms with Crippen LogP contribution in [0.4, 0.5) is 0 Å². The molecule has 2 heterocycles. The second kappa shape index (κ2) is 6.50. The van der Waals surface area contributed by atoms with Gasteiger partial charge in [0, 0.05) is 12.0 Å². The Morgan fingerprint density at radius 3 is 2.88 bits per heavy atom. The van der Waals surface area contributed by atoms with Gasteiger partial charge in [0.15, 0.2) is 5.82 Å². The Bertz CT molecular complexity index is 765. The third-order valence-corrected chi connectivity index (χ3v) is 5.29. The summed E-state index contributed by atoms with van der Waals surface area (Å²) in [5, 5.41) is 7.44. The molecule has 1 aliphatic heterocycles. The highest BCUT2D eigenvalue weighted by Gasteiger charge is 2.43. The molecule has 1 saturated carbocycles. The van der Waals surface area contributed by atoms with E-state index in [2.05, 4.69) is 15.5 Å². The summed E-state index contributed by atoms with van der Waals surface area (Å²) in [6, 6.07) is 7.78. The van der Waals surface area contributed by atoms with Crippen LogP contribution in [0.1, 0.15) is 62.2 Å². The summed E-state index contributed by atoms with van der Waals surface area (Å²) in [6.07, 6.45) is 5.20. The fourth-order valence-corrected chi connectivity index (χ4v) is 3.91. The molecule has 1 aromatic carbocycles. The molecule has 0 saturated heterocycles. The van der Waals surface area contributed by atoms with Gasteiger partial charge < -0.3 is 14.6 Å². The zero-order valence-corrected chi connectivity index (χ0v) is 14.5. The Morgan fingerprint density at radius 1 is 1.32 bits per heavy atom. The number of nitrogens with zero attached hydrogens (tertiary/aromatic N) is 2. The number of para-hydroxylation sites is 1. The number of carbonyl (C=O) groups is 1. The maximum atomic E-state index is 13.1. The molecule has 1 aromatic heterocycles. The molecule has 0 radical (unpaired) electrons. The van der Waals surface area contributed by atoms with Crippen LogP contribution in [0.25, 0.3) is 0 Å². The first kappa shape index (κ1) is 16.1. The van der Waals surface area contributed by atoms with Crippen molar-refractivity contribution in [1.29, 1.82) is 0 Å². The van der Waals surface area contributed by atoms with E-state index in [1.54, 1.807) is 0 Å². The van der Waals surface area contributed by atoms with Gasteiger partial charge in [-0.25, -0.2) is 0 Å². The maximum absolute atomic E-state index is 13.1. The zero-order valence-electron chi connectivity index (χ0n) is 14.5. The summed E-state index contributed by atoms with van der Waals surface area (Å²) < 4.78 is 11.0. The average Bonchev–Trinajstić information content (AvgIpc) is 3.31. The van der Waals surface area contributed by atoms with Gasteiger partial charge in [-0.3, -0.25) is 4.79 Å². The fourth-order valence-electron chi connectivity index (χ4n) is 3.91. The minimum absolute atomic E-state index is 0.0282. The molecule has 0 spiro atoms. The minimum atomic E-state index is -0.499. The largest absolute Gasteiger partial charge is 0.493 e. The number of nitrogens with one attached hydrogen (secondary N) is 1. The normalized spacial score (nSPS) is 21.4. The number of aromatic nitrogens is 2. The van der Waals surface area contributed by atoms with E-state index in [9.17, 15) is 4.79 Å². The fraction of sp³-hybridized carbons (Fsp3) is 0.526. The Kier molecular flexibility index (Phi) is 4.19. The van der Waals surface area contributed by atoms with Crippen LogP contribution in [0.5, 0.6) is 5.75 Å². The lowest BCUT2D eigenvalue weighted by atomic mass is 9.89. The topological polar surface area (TPSA) is 77.2 Å². The van der Waals surface area contributed by atoms with Crippen LogP contribution in [0.3, 0.4) is 0 Å². The van der Waals surface area contributed by atoms with Gasteiger partial charge in [-0.15, -0.1) is 0 Å². The first-order valence-electron chi connectivity index (χ1n) is 9.09. The van der Waals surface area contributed by atoms with Crippen molar-refractivity contribution in [3.8, 4) is 5.75 Å². The van der Waals surface area contributed by atoms with Crippen LogP contribution in [0, 0.1) is 0 Å². The lowest BCUT2D eigenvalue weighted by Gasteiger charge is -2.31. The van der Waals surface area contributed by atoms with Gasteiger partial charge in [0.25, 0.3) is 0 Å². The molecule has 1 fully saturated rings. The number of hydrogen-bond acceptors (Lipinski definition) is 5. The Labute approximate surface area is 147 Å². The average molecular weight is 341 g/mol. The van der Waals surface area contributed by atoms with Crippen molar-refractivity contribution in [2.24, 2.45) is 0 Å². The number of hydrogen-bond donors (Lipinski definition) is 1. The summed E-state index contributed by atoms with van der Waals surface area (Å²) in [7, 11) is 0. The molecule has 2 aromatic rings. The number of rotatable bonds is 4. The van der Waals surface area contributed by atoms with Crippen molar-refractivity contribution >= 4 is 5.91 Å². The molecular formula is C19H23N3O3. The SMILES string of the molecule is CCc1nc(C2(NC(=O)C3CCOc4ccccc43)CCCC2)no1. The standard InChI is InChI=1S/C19H23N3O3/c1-2-16-20-18(22-25-16)19(10-5-6-11-19)21-17(23)14-9-12-24-15-8-4-3-7-13(14)15/h3-4,7-8,14H,2,5-6,9-12H2,1H3,(H,21,23). The van der Waals surface area contributed by atoms with E-state index >= 15 is 0 Å². The van der Waals surface area contributed by atoms with Gasteiger partial charge in [-0.05, 0) is 25.3 Å². The van der Waals surface area contributed by atoms with Crippen LogP contribution in [-0.2, 0) is 16.8 Å². The highest BCUT2D eigenvalue weighted by Crippen LogP contribution is 2.39. The molecule has 6 heteroatoms. The molecule has 4 rings (SSSR count). The molecule has 1 aliphatic carbocycles. The van der Waals surface area contributed by atoms with Crippen LogP contribution < -0.4 is 10.1 Å². The van der Waals surface area contributed by atoms with Gasteiger partial charge in [0.2, 0.25) is 11.8 Å². The summed E-state index contributed by atoms with van der Waals surface area (Å²) >= 11 is 0. The monoisotopic (exact) mass is 341 g/mol. The quantitative estimate of drug-likeness (QED) is 0.925. The van der Waals surface area contributed by atoms with Crippen LogP contribution >= 0.6 is 0 Å². The molecular weight excluding hydrogens is 318 g/mol. The van der Waals surface area contributed by atoms with Crippen LogP contribution in [0.15, 0.2) is 28.8 Å². The number of amides is 1. The summed E-state index contributed by atoms with van der Waals surface area (Å²) in [4.78, 5) is 17.6. The predicted octanol–water partition coefficient (Wildman–Crippen LogP) is 3.08. The van der Waals surface area contributed by atoms with Gasteiger partial charge in [-0.2, -0.15) is 4.98 Å². The summed E-state index contributed by atoms with van der Waals surface area (Å²) in [6.45, 7) is 2.54. The van der Waals surface area contributed by atoms with E-state index in [1.165, 1.54) is 0 Å². The van der Waals surface area contributed by atoms with E-state index in [0.29, 0.717) is 31.2 Å². The van der Waals surface area contributed by atoms with E-state index in [1.807, 2.05) is 31.2 Å². The van der Waals surface area contributed by atoms with Crippen molar-refractivity contribution in [1.82, 2.24) is 15.5 Å². The van der Waals surface area contributed by atoms with Crippen molar-refractivity contribution < 1.29 is 14.1 Å². The number of carbonyl (C=O) groups excluding carboxylic acids is 1. The number of benzene rings is 1. The molecule has 1 N–H and O–H groups in total. The van der Waals surface area contributed by atoms with Gasteiger partial charge in [-0.1, -0.05) is 43.1 Å². The van der Waals surface area contributed by atoms with Crippen LogP contribution in [-0.4, -0.2) is 22.7 Å². The third-order valence-electron chi connectivity index (χ3n) is 5.29. The molecule has 0 bridgehead atoms. The van der Waals surface area contributed by atoms with Crippen molar-refractivity contribution in [3.63, 3.8) is 0 Å². The van der Waals surface area contributed by atoms with E-state index < -0.39 is 5.54 Å². The zero-order chi connectivity index (χ0) is 17.3. The van der Waals surface area contributed by atoms with Gasteiger partial charge in [0.05, 0.1) is 12.5 Å². The molecule has 1 unspecified atom stereocenters. The highest BCUT2D eigenvalue weighted by molar-refractivity contribution is 5.85. The number of fused-ring (bicyclic) bond motifs is 1. The molecule has 25 heavy (non-hydrogen) atoms. The first-order valence-corrected chi connectivity index (χ1v) is 9.09. The summed E-state index contributed by atoms with van der Waals surface area (Å²) in [5.74, 6) is 1.88. The van der Waals surface area contributed by atoms with Crippen LogP contribution in [0.2, 0.25) is 0 Å². The van der Waals surface area contributed by atoms with Gasteiger partial charge >= 0.3 is 0 Å². The van der Waals surface area contributed by atoms with E-state index in [0.717, 1.165) is 37.0 Å². The molecule has 132 valence electrons. The van der Waals surface area contributed by atoms with Gasteiger partial charge in [0.1, 0.15) is 11.3 Å². The van der Waals surface area contributed by atoms with E-state index in [-0.39, 0.29) is 11.8 Å².